The lowest BCUT2D eigenvalue weighted by atomic mass is 10.3. The molecule has 0 bridgehead atoms. The maximum atomic E-state index is 12.1. The highest BCUT2D eigenvalue weighted by molar-refractivity contribution is 7.90. The Morgan fingerprint density at radius 3 is 1.78 bits per heavy atom. The summed E-state index contributed by atoms with van der Waals surface area (Å²) >= 11 is 12.0. The van der Waals surface area contributed by atoms with Crippen molar-refractivity contribution in [3.8, 4) is 0 Å². The van der Waals surface area contributed by atoms with Crippen LogP contribution in [0.4, 0.5) is 5.82 Å². The zero-order valence-corrected chi connectivity index (χ0v) is 20.6. The Balaban J connectivity index is 1.70. The molecule has 0 radical (unpaired) electrons. The minimum atomic E-state index is -3.61. The van der Waals surface area contributed by atoms with Crippen LogP contribution in [0.15, 0.2) is 17.2 Å². The maximum Gasteiger partial charge on any atom is 0.198 e. The van der Waals surface area contributed by atoms with Crippen molar-refractivity contribution in [1.29, 1.82) is 0 Å². The Bertz CT molecular complexity index is 962. The smallest absolute Gasteiger partial charge is 0.198 e. The normalized spacial score (nSPS) is 11.9. The van der Waals surface area contributed by atoms with Crippen molar-refractivity contribution in [1.82, 2.24) is 9.97 Å². The van der Waals surface area contributed by atoms with Crippen molar-refractivity contribution in [2.24, 2.45) is 0 Å². The van der Waals surface area contributed by atoms with E-state index in [0.29, 0.717) is 68.8 Å². The van der Waals surface area contributed by atoms with Gasteiger partial charge < -0.3 is 24.3 Å². The molecule has 0 unspecified atom stereocenters. The second kappa shape index (κ2) is 14.1. The summed E-state index contributed by atoms with van der Waals surface area (Å²) in [5.41, 5.74) is 0.777. The summed E-state index contributed by atoms with van der Waals surface area (Å²) < 4.78 is 45.9. The number of hydrogen-bond acceptors (Lipinski definition) is 9. The van der Waals surface area contributed by atoms with Crippen LogP contribution in [-0.2, 0) is 28.8 Å². The number of sulfone groups is 1. The van der Waals surface area contributed by atoms with E-state index in [-0.39, 0.29) is 15.9 Å². The monoisotopic (exact) mass is 509 g/mol. The highest BCUT2D eigenvalue weighted by Crippen LogP contribution is 2.28. The van der Waals surface area contributed by atoms with Crippen molar-refractivity contribution >= 4 is 49.9 Å². The van der Waals surface area contributed by atoms with Gasteiger partial charge in [0.1, 0.15) is 0 Å². The minimum Gasteiger partial charge on any atom is -0.379 e. The molecule has 32 heavy (non-hydrogen) atoms. The number of halogens is 2. The molecule has 1 aromatic carbocycles. The van der Waals surface area contributed by atoms with Gasteiger partial charge in [0.25, 0.3) is 0 Å². The van der Waals surface area contributed by atoms with E-state index in [4.69, 9.17) is 42.1 Å². The van der Waals surface area contributed by atoms with Crippen LogP contribution in [0, 0.1) is 0 Å². The molecular weight excluding hydrogens is 481 g/mol. The van der Waals surface area contributed by atoms with Gasteiger partial charge in [-0.25, -0.2) is 18.4 Å². The predicted molar refractivity (Wildman–Crippen MR) is 125 cm³/mol. The van der Waals surface area contributed by atoms with Crippen LogP contribution >= 0.6 is 23.2 Å². The number of benzene rings is 1. The van der Waals surface area contributed by atoms with Gasteiger partial charge in [-0.2, -0.15) is 0 Å². The second-order valence-electron chi connectivity index (χ2n) is 6.78. The van der Waals surface area contributed by atoms with E-state index in [2.05, 4.69) is 22.2 Å². The summed E-state index contributed by atoms with van der Waals surface area (Å²) in [7, 11) is -3.61. The first-order valence-corrected chi connectivity index (χ1v) is 12.9. The lowest BCUT2D eigenvalue weighted by molar-refractivity contribution is -0.000692. The molecule has 0 fully saturated rings. The van der Waals surface area contributed by atoms with Gasteiger partial charge in [0, 0.05) is 19.4 Å². The highest BCUT2D eigenvalue weighted by Gasteiger charge is 2.19. The molecule has 0 aliphatic heterocycles. The fourth-order valence-electron chi connectivity index (χ4n) is 2.56. The van der Waals surface area contributed by atoms with Crippen LogP contribution in [0.3, 0.4) is 0 Å². The first kappa shape index (κ1) is 27.0. The lowest BCUT2D eigenvalue weighted by Gasteiger charge is -2.12. The van der Waals surface area contributed by atoms with Crippen LogP contribution in [0.5, 0.6) is 0 Å². The van der Waals surface area contributed by atoms with E-state index in [1.807, 2.05) is 0 Å². The summed E-state index contributed by atoms with van der Waals surface area (Å²) in [6.07, 6.45) is 2.07. The van der Waals surface area contributed by atoms with Crippen LogP contribution in [-0.4, -0.2) is 84.0 Å². The number of ether oxygens (including phenoxy) is 4. The lowest BCUT2D eigenvalue weighted by Crippen LogP contribution is -2.17. The van der Waals surface area contributed by atoms with Gasteiger partial charge in [0.05, 0.1) is 67.3 Å². The average Bonchev–Trinajstić information content (AvgIpc) is 2.74. The average molecular weight is 510 g/mol. The van der Waals surface area contributed by atoms with E-state index >= 15 is 0 Å². The Kier molecular flexibility index (Phi) is 11.9. The molecule has 1 heterocycles. The molecule has 0 atom stereocenters. The number of aromatic nitrogens is 2. The molecule has 2 rings (SSSR count). The van der Waals surface area contributed by atoms with Crippen LogP contribution in [0.25, 0.3) is 11.0 Å². The zero-order chi connectivity index (χ0) is 23.4. The molecule has 0 amide bonds. The SMILES string of the molecule is CCCOCCOCCOCCOCCNc1nc2cc(Cl)c(Cl)cc2nc1S(C)(=O)=O. The largest absolute Gasteiger partial charge is 0.379 e. The van der Waals surface area contributed by atoms with Gasteiger partial charge in [-0.1, -0.05) is 30.1 Å². The molecule has 1 aromatic heterocycles. The van der Waals surface area contributed by atoms with Crippen molar-refractivity contribution in [3.05, 3.63) is 22.2 Å². The Hall–Kier alpha value is -1.27. The van der Waals surface area contributed by atoms with Crippen molar-refractivity contribution in [2.75, 3.05) is 71.0 Å². The molecule has 0 saturated heterocycles. The molecule has 180 valence electrons. The molecule has 0 aliphatic rings. The summed E-state index contributed by atoms with van der Waals surface area (Å²) in [5.74, 6) is 0.137. The predicted octanol–water partition coefficient (Wildman–Crippen LogP) is 3.23. The Morgan fingerprint density at radius 1 is 0.812 bits per heavy atom. The second-order valence-corrected chi connectivity index (χ2v) is 9.53. The van der Waals surface area contributed by atoms with Gasteiger partial charge in [-0.05, 0) is 18.6 Å². The van der Waals surface area contributed by atoms with Gasteiger partial charge in [0.2, 0.25) is 0 Å². The summed E-state index contributed by atoms with van der Waals surface area (Å²) in [6, 6.07) is 3.03. The van der Waals surface area contributed by atoms with E-state index < -0.39 is 9.84 Å². The molecule has 0 saturated carbocycles. The minimum absolute atomic E-state index is 0.137. The molecule has 2 aromatic rings. The van der Waals surface area contributed by atoms with E-state index in [1.165, 1.54) is 6.07 Å². The van der Waals surface area contributed by atoms with Crippen molar-refractivity contribution < 1.29 is 27.4 Å². The first-order chi connectivity index (χ1) is 15.3. The summed E-state index contributed by atoms with van der Waals surface area (Å²) in [5, 5.41) is 3.38. The van der Waals surface area contributed by atoms with Crippen molar-refractivity contribution in [2.45, 2.75) is 18.4 Å². The van der Waals surface area contributed by atoms with E-state index in [9.17, 15) is 8.42 Å². The Labute approximate surface area is 198 Å². The summed E-state index contributed by atoms with van der Waals surface area (Å²) in [4.78, 5) is 8.54. The first-order valence-electron chi connectivity index (χ1n) is 10.2. The molecule has 0 aliphatic carbocycles. The fourth-order valence-corrected chi connectivity index (χ4v) is 3.61. The number of anilines is 1. The topological polar surface area (TPSA) is 109 Å². The number of fused-ring (bicyclic) bond motifs is 1. The van der Waals surface area contributed by atoms with Gasteiger partial charge >= 0.3 is 0 Å². The zero-order valence-electron chi connectivity index (χ0n) is 18.2. The summed E-state index contributed by atoms with van der Waals surface area (Å²) in [6.45, 7) is 6.43. The number of nitrogens with zero attached hydrogens (tertiary/aromatic N) is 2. The van der Waals surface area contributed by atoms with Gasteiger partial charge in [-0.15, -0.1) is 0 Å². The molecule has 1 N–H and O–H groups in total. The van der Waals surface area contributed by atoms with Crippen LogP contribution in [0.2, 0.25) is 10.0 Å². The van der Waals surface area contributed by atoms with Crippen LogP contribution < -0.4 is 5.32 Å². The van der Waals surface area contributed by atoms with Gasteiger partial charge in [-0.3, -0.25) is 0 Å². The van der Waals surface area contributed by atoms with E-state index in [0.717, 1.165) is 19.3 Å². The fraction of sp³-hybridized carbons (Fsp3) is 0.600. The number of rotatable bonds is 16. The third-order valence-corrected chi connectivity index (χ3v) is 5.74. The van der Waals surface area contributed by atoms with Crippen LogP contribution in [0.1, 0.15) is 13.3 Å². The number of nitrogens with one attached hydrogen (secondary N) is 1. The third kappa shape index (κ3) is 9.30. The Morgan fingerprint density at radius 2 is 1.28 bits per heavy atom. The third-order valence-electron chi connectivity index (χ3n) is 4.03. The molecule has 0 spiro atoms. The quantitative estimate of drug-likeness (QED) is 0.341. The van der Waals surface area contributed by atoms with Crippen molar-refractivity contribution in [3.63, 3.8) is 0 Å². The maximum absolute atomic E-state index is 12.1. The highest BCUT2D eigenvalue weighted by atomic mass is 35.5. The molecule has 9 nitrogen and oxygen atoms in total. The van der Waals surface area contributed by atoms with E-state index in [1.54, 1.807) is 6.07 Å². The number of hydrogen-bond donors (Lipinski definition) is 1. The molecule has 12 heteroatoms. The standard InChI is InChI=1S/C20H29Cl2N3O6S/c1-3-5-28-7-9-30-11-12-31-10-8-29-6-4-23-19-20(32(2,26)27)25-18-14-16(22)15(21)13-17(18)24-19/h13-14H,3-12H2,1-2H3,(H,23,24). The van der Waals surface area contributed by atoms with Gasteiger partial charge in [0.15, 0.2) is 20.7 Å². The molecular formula is C20H29Cl2N3O6S.